The lowest BCUT2D eigenvalue weighted by atomic mass is 10.1. The molecule has 0 saturated heterocycles. The largest absolute Gasteiger partial charge is 0.462 e. The summed E-state index contributed by atoms with van der Waals surface area (Å²) in [6.07, 6.45) is 0. The van der Waals surface area contributed by atoms with E-state index in [1.54, 1.807) is 6.92 Å². The summed E-state index contributed by atoms with van der Waals surface area (Å²) in [5.41, 5.74) is 5.05. The van der Waals surface area contributed by atoms with E-state index in [0.29, 0.717) is 5.69 Å². The zero-order chi connectivity index (χ0) is 21.1. The maximum atomic E-state index is 12.6. The first-order valence-corrected chi connectivity index (χ1v) is 9.56. The molecule has 0 bridgehead atoms. The molecular formula is C17H19N3O7S. The van der Waals surface area contributed by atoms with Crippen LogP contribution in [0.2, 0.25) is 0 Å². The maximum Gasteiger partial charge on any atom is 0.342 e. The fourth-order valence-electron chi connectivity index (χ4n) is 2.40. The van der Waals surface area contributed by atoms with Gasteiger partial charge in [-0.1, -0.05) is 0 Å². The summed E-state index contributed by atoms with van der Waals surface area (Å²) < 4.78 is 37.4. The molecule has 0 atom stereocenters. The Morgan fingerprint density at radius 1 is 1.14 bits per heavy atom. The second kappa shape index (κ2) is 8.13. The number of anilines is 2. The first-order valence-electron chi connectivity index (χ1n) is 8.07. The molecule has 0 spiro atoms. The van der Waals surface area contributed by atoms with E-state index in [1.165, 1.54) is 38.1 Å². The van der Waals surface area contributed by atoms with Gasteiger partial charge in [-0.25, -0.2) is 17.9 Å². The second-order valence-corrected chi connectivity index (χ2v) is 7.32. The molecule has 150 valence electrons. The molecule has 11 heteroatoms. The van der Waals surface area contributed by atoms with Gasteiger partial charge >= 0.3 is 5.97 Å². The quantitative estimate of drug-likeness (QED) is 0.586. The third-order valence-corrected chi connectivity index (χ3v) is 4.87. The van der Waals surface area contributed by atoms with Crippen LogP contribution in [0.5, 0.6) is 0 Å². The van der Waals surface area contributed by atoms with Gasteiger partial charge in [-0.15, -0.1) is 0 Å². The Bertz CT molecular complexity index is 1020. The number of amides is 2. The predicted octanol–water partition coefficient (Wildman–Crippen LogP) is 1.62. The summed E-state index contributed by atoms with van der Waals surface area (Å²) in [5.74, 6) is -2.73. The Balaban J connectivity index is 2.41. The molecule has 0 unspecified atom stereocenters. The molecule has 0 aliphatic rings. The van der Waals surface area contributed by atoms with Crippen LogP contribution in [0.3, 0.4) is 0 Å². The summed E-state index contributed by atoms with van der Waals surface area (Å²) in [5, 5.41) is 2.51. The molecule has 1 aromatic heterocycles. The number of carbonyl (C=O) groups is 3. The zero-order valence-electron chi connectivity index (χ0n) is 15.4. The molecule has 1 heterocycles. The van der Waals surface area contributed by atoms with Crippen LogP contribution < -0.4 is 15.8 Å². The van der Waals surface area contributed by atoms with E-state index in [1.807, 2.05) is 0 Å². The van der Waals surface area contributed by atoms with Crippen molar-refractivity contribution in [2.75, 3.05) is 16.6 Å². The van der Waals surface area contributed by atoms with Crippen LogP contribution in [0.15, 0.2) is 33.6 Å². The molecule has 1 aromatic carbocycles. The molecule has 0 saturated carbocycles. The van der Waals surface area contributed by atoms with E-state index in [-0.39, 0.29) is 28.7 Å². The zero-order valence-corrected chi connectivity index (χ0v) is 16.2. The van der Waals surface area contributed by atoms with Gasteiger partial charge < -0.3 is 20.2 Å². The van der Waals surface area contributed by atoms with Gasteiger partial charge in [0.1, 0.15) is 16.9 Å². The van der Waals surface area contributed by atoms with Gasteiger partial charge in [-0.05, 0) is 38.1 Å². The first-order chi connectivity index (χ1) is 13.1. The van der Waals surface area contributed by atoms with Crippen molar-refractivity contribution in [1.29, 1.82) is 0 Å². The van der Waals surface area contributed by atoms with Crippen molar-refractivity contribution in [3.63, 3.8) is 0 Å². The number of nitrogens with two attached hydrogens (primary N) is 1. The van der Waals surface area contributed by atoms with Crippen LogP contribution in [-0.4, -0.2) is 32.8 Å². The molecule has 4 N–H and O–H groups in total. The minimum Gasteiger partial charge on any atom is -0.462 e. The lowest BCUT2D eigenvalue weighted by molar-refractivity contribution is -0.114. The highest BCUT2D eigenvalue weighted by atomic mass is 32.2. The highest BCUT2D eigenvalue weighted by Crippen LogP contribution is 2.29. The van der Waals surface area contributed by atoms with E-state index in [9.17, 15) is 22.8 Å². The topological polar surface area (TPSA) is 158 Å². The maximum absolute atomic E-state index is 12.6. The van der Waals surface area contributed by atoms with E-state index in [4.69, 9.17) is 14.9 Å². The van der Waals surface area contributed by atoms with Crippen LogP contribution in [-0.2, 0) is 19.6 Å². The van der Waals surface area contributed by atoms with Crippen molar-refractivity contribution in [3.05, 3.63) is 41.2 Å². The molecule has 0 fully saturated rings. The number of esters is 1. The number of primary amides is 1. The number of rotatable bonds is 7. The fraction of sp³-hybridized carbons (Fsp3) is 0.235. The lowest BCUT2D eigenvalue weighted by Crippen LogP contribution is -2.20. The third-order valence-electron chi connectivity index (χ3n) is 3.52. The average molecular weight is 409 g/mol. The number of carbonyl (C=O) groups excluding carboxylic acids is 3. The number of ether oxygens (including phenoxy) is 1. The monoisotopic (exact) mass is 409 g/mol. The Hall–Kier alpha value is -3.34. The molecule has 0 aliphatic carbocycles. The van der Waals surface area contributed by atoms with Gasteiger partial charge in [0.05, 0.1) is 11.5 Å². The smallest absolute Gasteiger partial charge is 0.342 e. The lowest BCUT2D eigenvalue weighted by Gasteiger charge is -2.08. The standard InChI is InChI=1S/C17H19N3O7S/c1-4-26-17(23)13-9(2)27-16(14(13)15(18)22)20-28(24,25)12-7-5-11(6-8-12)19-10(3)21/h5-8,20H,4H2,1-3H3,(H2,18,22)(H,19,21). The van der Waals surface area contributed by atoms with Gasteiger partial charge in [0.15, 0.2) is 0 Å². The minimum atomic E-state index is -4.17. The summed E-state index contributed by atoms with van der Waals surface area (Å²) in [7, 11) is -4.17. The van der Waals surface area contributed by atoms with Crippen LogP contribution in [0, 0.1) is 6.92 Å². The highest BCUT2D eigenvalue weighted by Gasteiger charge is 2.30. The average Bonchev–Trinajstić information content (AvgIpc) is 2.90. The van der Waals surface area contributed by atoms with E-state index >= 15 is 0 Å². The Morgan fingerprint density at radius 3 is 2.25 bits per heavy atom. The van der Waals surface area contributed by atoms with Crippen LogP contribution in [0.1, 0.15) is 40.3 Å². The van der Waals surface area contributed by atoms with Crippen LogP contribution >= 0.6 is 0 Å². The number of hydrogen-bond donors (Lipinski definition) is 3. The van der Waals surface area contributed by atoms with Crippen LogP contribution in [0.25, 0.3) is 0 Å². The summed E-state index contributed by atoms with van der Waals surface area (Å²) in [6, 6.07) is 5.28. The molecule has 0 aliphatic heterocycles. The van der Waals surface area contributed by atoms with Crippen LogP contribution in [0.4, 0.5) is 11.6 Å². The Labute approximate surface area is 161 Å². The number of nitrogens with one attached hydrogen (secondary N) is 2. The second-order valence-electron chi connectivity index (χ2n) is 5.63. The molecule has 2 rings (SSSR count). The van der Waals surface area contributed by atoms with Crippen molar-refractivity contribution in [2.24, 2.45) is 5.73 Å². The van der Waals surface area contributed by atoms with Crippen molar-refractivity contribution in [3.8, 4) is 0 Å². The molecule has 2 amide bonds. The van der Waals surface area contributed by atoms with Gasteiger partial charge in [0.2, 0.25) is 11.8 Å². The molecule has 28 heavy (non-hydrogen) atoms. The molecule has 2 aromatic rings. The number of benzene rings is 1. The third kappa shape index (κ3) is 4.49. The fourth-order valence-corrected chi connectivity index (χ4v) is 3.40. The summed E-state index contributed by atoms with van der Waals surface area (Å²) in [6.45, 7) is 4.31. The van der Waals surface area contributed by atoms with E-state index < -0.39 is 33.3 Å². The van der Waals surface area contributed by atoms with Crippen molar-refractivity contribution >= 4 is 39.4 Å². The van der Waals surface area contributed by atoms with Gasteiger partial charge in [-0.2, -0.15) is 0 Å². The Morgan fingerprint density at radius 2 is 1.75 bits per heavy atom. The van der Waals surface area contributed by atoms with Crippen molar-refractivity contribution in [1.82, 2.24) is 0 Å². The van der Waals surface area contributed by atoms with Gasteiger partial charge in [-0.3, -0.25) is 9.59 Å². The van der Waals surface area contributed by atoms with Crippen molar-refractivity contribution in [2.45, 2.75) is 25.7 Å². The van der Waals surface area contributed by atoms with Crippen molar-refractivity contribution < 1.29 is 32.0 Å². The number of aryl methyl sites for hydroxylation is 1. The minimum absolute atomic E-state index is 0.0223. The van der Waals surface area contributed by atoms with Gasteiger partial charge in [0, 0.05) is 12.6 Å². The summed E-state index contributed by atoms with van der Waals surface area (Å²) >= 11 is 0. The highest BCUT2D eigenvalue weighted by molar-refractivity contribution is 7.92. The summed E-state index contributed by atoms with van der Waals surface area (Å²) in [4.78, 5) is 34.8. The van der Waals surface area contributed by atoms with E-state index in [0.717, 1.165) is 0 Å². The van der Waals surface area contributed by atoms with Gasteiger partial charge in [0.25, 0.3) is 15.9 Å². The first kappa shape index (κ1) is 21.0. The van der Waals surface area contributed by atoms with E-state index in [2.05, 4.69) is 10.0 Å². The molecular weight excluding hydrogens is 390 g/mol. The SMILES string of the molecule is CCOC(=O)c1c(C)oc(NS(=O)(=O)c2ccc(NC(C)=O)cc2)c1C(N)=O. The molecule has 10 nitrogen and oxygen atoms in total. The Kier molecular flexibility index (Phi) is 6.09. The number of sulfonamides is 1. The normalized spacial score (nSPS) is 11.0. The predicted molar refractivity (Wildman–Crippen MR) is 99.5 cm³/mol. The number of hydrogen-bond acceptors (Lipinski definition) is 7. The number of furan rings is 1. The molecule has 0 radical (unpaired) electrons.